The molecular weight excluding hydrogens is 436 g/mol. The number of aromatic amines is 1. The summed E-state index contributed by atoms with van der Waals surface area (Å²) in [5, 5.41) is 19.7. The van der Waals surface area contributed by atoms with Crippen LogP contribution in [0, 0.1) is 10.1 Å². The number of ether oxygens (including phenoxy) is 1. The van der Waals surface area contributed by atoms with Crippen molar-refractivity contribution in [1.29, 1.82) is 0 Å². The summed E-state index contributed by atoms with van der Waals surface area (Å²) in [5.74, 6) is -1.54. The van der Waals surface area contributed by atoms with E-state index in [1.807, 2.05) is 0 Å². The third kappa shape index (κ3) is 4.04. The van der Waals surface area contributed by atoms with Crippen LogP contribution < -0.4 is 10.9 Å². The van der Waals surface area contributed by atoms with E-state index in [0.29, 0.717) is 9.86 Å². The number of benzene rings is 2. The molecule has 3 rings (SSSR count). The molecule has 2 N–H and O–H groups in total. The number of non-ortho nitro benzene ring substituents is 1. The van der Waals surface area contributed by atoms with Crippen molar-refractivity contribution in [2.75, 3.05) is 11.9 Å². The number of rotatable bonds is 5. The molecule has 0 aliphatic rings. The van der Waals surface area contributed by atoms with Gasteiger partial charge < -0.3 is 10.1 Å². The molecule has 0 spiro atoms. The van der Waals surface area contributed by atoms with Gasteiger partial charge in [-0.15, -0.1) is 0 Å². The third-order valence-electron chi connectivity index (χ3n) is 3.66. The van der Waals surface area contributed by atoms with Crippen molar-refractivity contribution in [1.82, 2.24) is 10.2 Å². The van der Waals surface area contributed by atoms with Crippen LogP contribution in [0.1, 0.15) is 10.5 Å². The molecule has 1 heterocycles. The Balaban J connectivity index is 1.69. The first-order chi connectivity index (χ1) is 13.4. The first-order valence-electron chi connectivity index (χ1n) is 7.75. The molecule has 142 valence electrons. The van der Waals surface area contributed by atoms with Crippen LogP contribution in [-0.4, -0.2) is 33.6 Å². The molecule has 10 nitrogen and oxygen atoms in total. The predicted octanol–water partition coefficient (Wildman–Crippen LogP) is 2.39. The van der Waals surface area contributed by atoms with Crippen LogP contribution >= 0.6 is 15.9 Å². The predicted molar refractivity (Wildman–Crippen MR) is 102 cm³/mol. The van der Waals surface area contributed by atoms with E-state index in [0.717, 1.165) is 0 Å². The van der Waals surface area contributed by atoms with Gasteiger partial charge in [0.05, 0.1) is 16.0 Å². The molecule has 0 saturated carbocycles. The minimum atomic E-state index is -0.884. The minimum Gasteiger partial charge on any atom is -0.451 e. The van der Waals surface area contributed by atoms with Crippen LogP contribution in [-0.2, 0) is 9.53 Å². The zero-order valence-electron chi connectivity index (χ0n) is 14.0. The maximum Gasteiger partial charge on any atom is 0.359 e. The highest BCUT2D eigenvalue weighted by molar-refractivity contribution is 9.10. The number of carbonyl (C=O) groups is 2. The summed E-state index contributed by atoms with van der Waals surface area (Å²) < 4.78 is 5.25. The van der Waals surface area contributed by atoms with Crippen LogP contribution in [0.15, 0.2) is 51.7 Å². The van der Waals surface area contributed by atoms with Crippen LogP contribution in [0.5, 0.6) is 0 Å². The summed E-state index contributed by atoms with van der Waals surface area (Å²) in [6.45, 7) is -0.614. The molecule has 0 atom stereocenters. The van der Waals surface area contributed by atoms with Gasteiger partial charge >= 0.3 is 5.97 Å². The number of esters is 1. The van der Waals surface area contributed by atoms with Gasteiger partial charge in [0.1, 0.15) is 0 Å². The Morgan fingerprint density at radius 3 is 2.61 bits per heavy atom. The second-order valence-corrected chi connectivity index (χ2v) is 6.35. The standard InChI is InChI=1S/C17H11BrN4O6/c18-12-7-9(22(26)27)5-6-13(12)19-14(23)8-28-17(25)15-10-3-1-2-4-11(10)16(24)21-20-15/h1-7H,8H2,(H,19,23)(H,21,24). The molecule has 1 aromatic heterocycles. The number of hydrogen-bond acceptors (Lipinski definition) is 7. The van der Waals surface area contributed by atoms with Gasteiger partial charge in [-0.1, -0.05) is 18.2 Å². The van der Waals surface area contributed by atoms with E-state index in [1.165, 1.54) is 24.3 Å². The maximum atomic E-state index is 12.2. The minimum absolute atomic E-state index is 0.125. The summed E-state index contributed by atoms with van der Waals surface area (Å²) >= 11 is 3.12. The van der Waals surface area contributed by atoms with Gasteiger partial charge in [0, 0.05) is 22.0 Å². The average molecular weight is 447 g/mol. The number of nitro groups is 1. The lowest BCUT2D eigenvalue weighted by atomic mass is 10.1. The summed E-state index contributed by atoms with van der Waals surface area (Å²) in [4.78, 5) is 46.2. The van der Waals surface area contributed by atoms with Crippen LogP contribution in [0.25, 0.3) is 10.8 Å². The smallest absolute Gasteiger partial charge is 0.359 e. The molecule has 0 bridgehead atoms. The Morgan fingerprint density at radius 2 is 1.93 bits per heavy atom. The van der Waals surface area contributed by atoms with Crippen LogP contribution in [0.4, 0.5) is 11.4 Å². The molecule has 0 saturated heterocycles. The molecule has 0 aliphatic carbocycles. The maximum absolute atomic E-state index is 12.2. The molecule has 2 aromatic carbocycles. The van der Waals surface area contributed by atoms with E-state index in [4.69, 9.17) is 4.74 Å². The van der Waals surface area contributed by atoms with Gasteiger partial charge in [-0.05, 0) is 28.1 Å². The molecule has 1 amide bonds. The summed E-state index contributed by atoms with van der Waals surface area (Å²) in [6, 6.07) is 10.2. The average Bonchev–Trinajstić information content (AvgIpc) is 2.68. The van der Waals surface area contributed by atoms with E-state index < -0.39 is 29.0 Å². The highest BCUT2D eigenvalue weighted by Gasteiger charge is 2.17. The number of nitrogens with one attached hydrogen (secondary N) is 2. The van der Waals surface area contributed by atoms with Crippen molar-refractivity contribution in [2.45, 2.75) is 0 Å². The lowest BCUT2D eigenvalue weighted by molar-refractivity contribution is -0.384. The monoisotopic (exact) mass is 446 g/mol. The van der Waals surface area contributed by atoms with E-state index in [-0.39, 0.29) is 22.5 Å². The van der Waals surface area contributed by atoms with Gasteiger partial charge in [-0.25, -0.2) is 9.89 Å². The molecule has 3 aromatic rings. The van der Waals surface area contributed by atoms with Crippen molar-refractivity contribution in [3.8, 4) is 0 Å². The fraction of sp³-hybridized carbons (Fsp3) is 0.0588. The molecule has 0 radical (unpaired) electrons. The van der Waals surface area contributed by atoms with Gasteiger partial charge in [0.15, 0.2) is 12.3 Å². The van der Waals surface area contributed by atoms with Crippen molar-refractivity contribution in [2.24, 2.45) is 0 Å². The number of anilines is 1. The van der Waals surface area contributed by atoms with Gasteiger partial charge in [-0.3, -0.25) is 19.7 Å². The fourth-order valence-corrected chi connectivity index (χ4v) is 2.84. The number of fused-ring (bicyclic) bond motifs is 1. The molecule has 11 heteroatoms. The first-order valence-corrected chi connectivity index (χ1v) is 8.54. The lowest BCUT2D eigenvalue weighted by Crippen LogP contribution is -2.23. The van der Waals surface area contributed by atoms with Crippen molar-refractivity contribution < 1.29 is 19.2 Å². The number of nitrogens with zero attached hydrogens (tertiary/aromatic N) is 2. The normalized spacial score (nSPS) is 10.5. The Hall–Kier alpha value is -3.60. The summed E-state index contributed by atoms with van der Waals surface area (Å²) in [7, 11) is 0. The number of H-pyrrole nitrogens is 1. The van der Waals surface area contributed by atoms with Crippen molar-refractivity contribution >= 4 is 50.0 Å². The van der Waals surface area contributed by atoms with E-state index in [1.54, 1.807) is 18.2 Å². The first kappa shape index (κ1) is 19.2. The number of carbonyl (C=O) groups excluding carboxylic acids is 2. The number of nitro benzene ring substituents is 1. The molecule has 0 fully saturated rings. The van der Waals surface area contributed by atoms with Gasteiger partial charge in [0.2, 0.25) is 0 Å². The third-order valence-corrected chi connectivity index (χ3v) is 4.32. The van der Waals surface area contributed by atoms with Crippen LogP contribution in [0.2, 0.25) is 0 Å². The van der Waals surface area contributed by atoms with Crippen LogP contribution in [0.3, 0.4) is 0 Å². The number of amides is 1. The zero-order valence-corrected chi connectivity index (χ0v) is 15.6. The van der Waals surface area contributed by atoms with Gasteiger partial charge in [0.25, 0.3) is 17.2 Å². The van der Waals surface area contributed by atoms with Crippen molar-refractivity contribution in [3.63, 3.8) is 0 Å². The Kier molecular flexibility index (Phi) is 5.45. The molecule has 0 unspecified atom stereocenters. The second-order valence-electron chi connectivity index (χ2n) is 5.49. The highest BCUT2D eigenvalue weighted by atomic mass is 79.9. The molecule has 28 heavy (non-hydrogen) atoms. The molecule has 0 aliphatic heterocycles. The zero-order chi connectivity index (χ0) is 20.3. The quantitative estimate of drug-likeness (QED) is 0.347. The molecular formula is C17H11BrN4O6. The number of hydrogen-bond donors (Lipinski definition) is 2. The van der Waals surface area contributed by atoms with E-state index >= 15 is 0 Å². The highest BCUT2D eigenvalue weighted by Crippen LogP contribution is 2.27. The Labute approximate surface area is 164 Å². The largest absolute Gasteiger partial charge is 0.451 e. The number of halogens is 1. The Bertz CT molecular complexity index is 1160. The SMILES string of the molecule is O=C(COC(=O)c1n[nH]c(=O)c2ccccc12)Nc1ccc([N+](=O)[O-])cc1Br. The topological polar surface area (TPSA) is 144 Å². The van der Waals surface area contributed by atoms with E-state index in [2.05, 4.69) is 31.4 Å². The second kappa shape index (κ2) is 7.96. The lowest BCUT2D eigenvalue weighted by Gasteiger charge is -2.08. The van der Waals surface area contributed by atoms with Gasteiger partial charge in [-0.2, -0.15) is 5.10 Å². The van der Waals surface area contributed by atoms with E-state index in [9.17, 15) is 24.5 Å². The fourth-order valence-electron chi connectivity index (χ4n) is 2.38. The summed E-state index contributed by atoms with van der Waals surface area (Å²) in [6.07, 6.45) is 0. The number of aromatic nitrogens is 2. The summed E-state index contributed by atoms with van der Waals surface area (Å²) in [5.41, 5.74) is -0.445. The Morgan fingerprint density at radius 1 is 1.21 bits per heavy atom. The van der Waals surface area contributed by atoms with Crippen molar-refractivity contribution in [3.05, 3.63) is 73.1 Å².